The van der Waals surface area contributed by atoms with E-state index in [9.17, 15) is 9.59 Å². The van der Waals surface area contributed by atoms with Crippen LogP contribution in [0.1, 0.15) is 13.8 Å². The van der Waals surface area contributed by atoms with Gasteiger partial charge in [0.1, 0.15) is 12.1 Å². The molecule has 0 aliphatic carbocycles. The van der Waals surface area contributed by atoms with Crippen molar-refractivity contribution < 1.29 is 9.59 Å². The number of piperazine rings is 1. The quantitative estimate of drug-likeness (QED) is 0.861. The normalized spacial score (nSPS) is 18.8. The molecule has 0 unspecified atom stereocenters. The summed E-state index contributed by atoms with van der Waals surface area (Å²) in [5, 5.41) is 3.49. The Morgan fingerprint density at radius 3 is 2.28 bits per heavy atom. The van der Waals surface area contributed by atoms with E-state index >= 15 is 0 Å². The Bertz CT molecular complexity index is 509. The number of nitrogens with zero attached hydrogens (tertiary/aromatic N) is 1. The molecule has 0 saturated carbocycles. The van der Waals surface area contributed by atoms with Crippen LogP contribution in [-0.2, 0) is 9.59 Å². The fraction of sp³-hybridized carbons (Fsp3) is 0.333. The van der Waals surface area contributed by atoms with Crippen LogP contribution in [0, 0.1) is 0 Å². The monoisotopic (exact) mass is 286 g/mol. The number of benzene rings is 1. The van der Waals surface area contributed by atoms with E-state index in [0.717, 1.165) is 0 Å². The summed E-state index contributed by atoms with van der Waals surface area (Å²) >= 11 is 11.8. The van der Waals surface area contributed by atoms with Gasteiger partial charge < -0.3 is 10.2 Å². The Kier molecular flexibility index (Phi) is 3.25. The highest BCUT2D eigenvalue weighted by molar-refractivity contribution is 6.35. The predicted molar refractivity (Wildman–Crippen MR) is 71.0 cm³/mol. The van der Waals surface area contributed by atoms with Gasteiger partial charge in [-0.3, -0.25) is 9.59 Å². The molecule has 0 aromatic heterocycles. The maximum Gasteiger partial charge on any atom is 0.252 e. The number of hydrogen-bond donors (Lipinski definition) is 1. The lowest BCUT2D eigenvalue weighted by Gasteiger charge is -2.37. The van der Waals surface area contributed by atoms with Gasteiger partial charge in [-0.2, -0.15) is 0 Å². The van der Waals surface area contributed by atoms with E-state index in [4.69, 9.17) is 23.2 Å². The average molecular weight is 287 g/mol. The smallest absolute Gasteiger partial charge is 0.252 e. The molecule has 1 saturated heterocycles. The first kappa shape index (κ1) is 13.2. The molecule has 0 spiro atoms. The summed E-state index contributed by atoms with van der Waals surface area (Å²) in [7, 11) is 0. The second kappa shape index (κ2) is 4.44. The van der Waals surface area contributed by atoms with E-state index in [1.165, 1.54) is 4.90 Å². The molecule has 1 aliphatic heterocycles. The zero-order valence-electron chi connectivity index (χ0n) is 9.96. The third-order valence-electron chi connectivity index (χ3n) is 2.69. The van der Waals surface area contributed by atoms with Crippen LogP contribution in [0.4, 0.5) is 5.69 Å². The molecule has 6 heteroatoms. The minimum absolute atomic E-state index is 0.0288. The van der Waals surface area contributed by atoms with E-state index in [1.807, 2.05) is 0 Å². The molecule has 18 heavy (non-hydrogen) atoms. The van der Waals surface area contributed by atoms with Crippen LogP contribution in [0.5, 0.6) is 0 Å². The summed E-state index contributed by atoms with van der Waals surface area (Å²) in [5.74, 6) is -0.406. The van der Waals surface area contributed by atoms with Crippen LogP contribution < -0.4 is 10.2 Å². The van der Waals surface area contributed by atoms with E-state index in [1.54, 1.807) is 32.0 Å². The van der Waals surface area contributed by atoms with Crippen LogP contribution in [0.2, 0.25) is 10.0 Å². The molecule has 2 rings (SSSR count). The molecular formula is C12H12Cl2N2O2. The van der Waals surface area contributed by atoms with Gasteiger partial charge in [-0.15, -0.1) is 0 Å². The fourth-order valence-corrected chi connectivity index (χ4v) is 2.41. The van der Waals surface area contributed by atoms with Gasteiger partial charge in [0, 0.05) is 15.7 Å². The zero-order chi connectivity index (χ0) is 13.5. The standard InChI is InChI=1S/C12H12Cl2N2O2/c1-12(2)11(18)16(6-10(17)15-12)9-4-7(13)3-8(14)5-9/h3-5H,6H2,1-2H3,(H,15,17). The molecular weight excluding hydrogens is 275 g/mol. The Balaban J connectivity index is 2.42. The van der Waals surface area contributed by atoms with Crippen molar-refractivity contribution in [2.24, 2.45) is 0 Å². The van der Waals surface area contributed by atoms with Crippen molar-refractivity contribution in [3.05, 3.63) is 28.2 Å². The van der Waals surface area contributed by atoms with Gasteiger partial charge in [0.2, 0.25) is 5.91 Å². The Morgan fingerprint density at radius 2 is 1.72 bits per heavy atom. The Morgan fingerprint density at radius 1 is 1.17 bits per heavy atom. The lowest BCUT2D eigenvalue weighted by molar-refractivity contribution is -0.134. The summed E-state index contributed by atoms with van der Waals surface area (Å²) in [6, 6.07) is 4.80. The number of carbonyl (C=O) groups excluding carboxylic acids is 2. The van der Waals surface area contributed by atoms with Gasteiger partial charge in [-0.25, -0.2) is 0 Å². The number of hydrogen-bond acceptors (Lipinski definition) is 2. The van der Waals surface area contributed by atoms with Gasteiger partial charge in [-0.1, -0.05) is 23.2 Å². The summed E-state index contributed by atoms with van der Waals surface area (Å²) in [6.45, 7) is 3.29. The lowest BCUT2D eigenvalue weighted by Crippen LogP contribution is -2.64. The highest BCUT2D eigenvalue weighted by Gasteiger charge is 2.39. The van der Waals surface area contributed by atoms with Crippen molar-refractivity contribution in [1.29, 1.82) is 0 Å². The summed E-state index contributed by atoms with van der Waals surface area (Å²) in [6.07, 6.45) is 0. The Labute approximate surface area is 115 Å². The maximum atomic E-state index is 12.2. The van der Waals surface area contributed by atoms with E-state index in [0.29, 0.717) is 15.7 Å². The topological polar surface area (TPSA) is 49.4 Å². The first-order chi connectivity index (χ1) is 8.29. The van der Waals surface area contributed by atoms with E-state index in [-0.39, 0.29) is 18.4 Å². The summed E-state index contributed by atoms with van der Waals surface area (Å²) in [4.78, 5) is 25.2. The maximum absolute atomic E-state index is 12.2. The van der Waals surface area contributed by atoms with Crippen LogP contribution in [0.3, 0.4) is 0 Å². The van der Waals surface area contributed by atoms with Crippen molar-refractivity contribution >= 4 is 40.7 Å². The van der Waals surface area contributed by atoms with Crippen molar-refractivity contribution in [2.45, 2.75) is 19.4 Å². The predicted octanol–water partition coefficient (Wildman–Crippen LogP) is 2.23. The van der Waals surface area contributed by atoms with Gasteiger partial charge in [0.05, 0.1) is 0 Å². The van der Waals surface area contributed by atoms with Crippen molar-refractivity contribution in [2.75, 3.05) is 11.4 Å². The molecule has 0 radical (unpaired) electrons. The Hall–Kier alpha value is -1.26. The van der Waals surface area contributed by atoms with Gasteiger partial charge in [-0.05, 0) is 32.0 Å². The fourth-order valence-electron chi connectivity index (χ4n) is 1.90. The zero-order valence-corrected chi connectivity index (χ0v) is 11.5. The molecule has 1 aromatic rings. The van der Waals surface area contributed by atoms with E-state index in [2.05, 4.69) is 5.32 Å². The first-order valence-electron chi connectivity index (χ1n) is 5.39. The second-order valence-electron chi connectivity index (χ2n) is 4.69. The van der Waals surface area contributed by atoms with Gasteiger partial charge in [0.25, 0.3) is 5.91 Å². The highest BCUT2D eigenvalue weighted by Crippen LogP contribution is 2.28. The van der Waals surface area contributed by atoms with Crippen molar-refractivity contribution in [1.82, 2.24) is 5.32 Å². The third-order valence-corrected chi connectivity index (χ3v) is 3.13. The van der Waals surface area contributed by atoms with Crippen LogP contribution in [-0.4, -0.2) is 23.9 Å². The molecule has 2 amide bonds. The van der Waals surface area contributed by atoms with E-state index < -0.39 is 5.54 Å². The number of nitrogens with one attached hydrogen (secondary N) is 1. The number of carbonyl (C=O) groups is 2. The number of rotatable bonds is 1. The summed E-state index contributed by atoms with van der Waals surface area (Å²) in [5.41, 5.74) is -0.398. The minimum Gasteiger partial charge on any atom is -0.341 e. The molecule has 0 bridgehead atoms. The van der Waals surface area contributed by atoms with Crippen LogP contribution in [0.15, 0.2) is 18.2 Å². The SMILES string of the molecule is CC1(C)NC(=O)CN(c2cc(Cl)cc(Cl)c2)C1=O. The molecule has 1 heterocycles. The molecule has 1 aliphatic rings. The van der Waals surface area contributed by atoms with Crippen molar-refractivity contribution in [3.63, 3.8) is 0 Å². The molecule has 96 valence electrons. The second-order valence-corrected chi connectivity index (χ2v) is 5.56. The molecule has 1 aromatic carbocycles. The number of halogens is 2. The third kappa shape index (κ3) is 2.44. The van der Waals surface area contributed by atoms with Gasteiger partial charge in [0.15, 0.2) is 0 Å². The van der Waals surface area contributed by atoms with Gasteiger partial charge >= 0.3 is 0 Å². The average Bonchev–Trinajstić information content (AvgIpc) is 2.21. The van der Waals surface area contributed by atoms with Crippen LogP contribution in [0.25, 0.3) is 0 Å². The number of amides is 2. The number of anilines is 1. The highest BCUT2D eigenvalue weighted by atomic mass is 35.5. The molecule has 4 nitrogen and oxygen atoms in total. The van der Waals surface area contributed by atoms with Crippen LogP contribution >= 0.6 is 23.2 Å². The molecule has 1 N–H and O–H groups in total. The largest absolute Gasteiger partial charge is 0.341 e. The lowest BCUT2D eigenvalue weighted by atomic mass is 10.00. The minimum atomic E-state index is -0.926. The summed E-state index contributed by atoms with van der Waals surface area (Å²) < 4.78 is 0. The van der Waals surface area contributed by atoms with Crippen molar-refractivity contribution in [3.8, 4) is 0 Å². The molecule has 1 fully saturated rings. The first-order valence-corrected chi connectivity index (χ1v) is 6.14. The molecule has 0 atom stereocenters.